The molecular formula is C15H24LiOP. The van der Waals surface area contributed by atoms with Gasteiger partial charge in [0.15, 0.2) is 0 Å². The van der Waals surface area contributed by atoms with Crippen LogP contribution in [0.3, 0.4) is 0 Å². The molecule has 1 rings (SSSR count). The molecule has 1 unspecified atom stereocenters. The van der Waals surface area contributed by atoms with Gasteiger partial charge in [-0.25, -0.2) is 0 Å². The van der Waals surface area contributed by atoms with Crippen LogP contribution in [0.2, 0.25) is 0 Å². The van der Waals surface area contributed by atoms with E-state index in [9.17, 15) is 4.79 Å². The summed E-state index contributed by atoms with van der Waals surface area (Å²) in [4.78, 5) is 10.6. The van der Waals surface area contributed by atoms with E-state index in [1.165, 1.54) is 19.0 Å². The van der Waals surface area contributed by atoms with Crippen LogP contribution in [0.15, 0.2) is 6.07 Å². The zero-order valence-electron chi connectivity index (χ0n) is 12.7. The van der Waals surface area contributed by atoms with Gasteiger partial charge in [-0.2, -0.15) is 0 Å². The summed E-state index contributed by atoms with van der Waals surface area (Å²) in [5.41, 5.74) is 5.15. The summed E-state index contributed by atoms with van der Waals surface area (Å²) in [6.45, 7) is 10.2. The topological polar surface area (TPSA) is 17.1 Å². The predicted octanol–water partition coefficient (Wildman–Crippen LogP) is 1.04. The minimum Gasteiger partial charge on any atom is -0.376 e. The van der Waals surface area contributed by atoms with Gasteiger partial charge in [0.1, 0.15) is 0 Å². The first-order chi connectivity index (χ1) is 7.99. The Kier molecular flexibility index (Phi) is 12.1. The number of unbranched alkanes of at least 4 members (excludes halogenated alkanes) is 1. The summed E-state index contributed by atoms with van der Waals surface area (Å²) in [6, 6.07) is 2.10. The van der Waals surface area contributed by atoms with Crippen molar-refractivity contribution < 1.29 is 23.7 Å². The summed E-state index contributed by atoms with van der Waals surface area (Å²) < 4.78 is 0. The molecule has 1 aromatic rings. The summed E-state index contributed by atoms with van der Waals surface area (Å²) >= 11 is 0. The molecule has 0 aliphatic rings. The number of hydrogen-bond donors (Lipinski definition) is 0. The Balaban J connectivity index is 0. The standard InChI is InChI=1S/C11H13O.C4H11P.Li/c1-7-5-8(2)10(4)11(6-12)9(7)3;1-2-3-4-5;/h5H,1-4H3;2-5H2,1H3;/q-1;;+1. The van der Waals surface area contributed by atoms with Gasteiger partial charge in [-0.1, -0.05) is 53.5 Å². The van der Waals surface area contributed by atoms with Gasteiger partial charge in [-0.05, 0) is 6.16 Å². The molecule has 1 nitrogen and oxygen atoms in total. The van der Waals surface area contributed by atoms with Crippen molar-refractivity contribution in [2.45, 2.75) is 47.5 Å². The van der Waals surface area contributed by atoms with Gasteiger partial charge < -0.3 is 4.79 Å². The molecule has 1 atom stereocenters. The largest absolute Gasteiger partial charge is 1.00 e. The fourth-order valence-corrected chi connectivity index (χ4v) is 1.98. The first-order valence-corrected chi connectivity index (χ1v) is 6.96. The Morgan fingerprint density at radius 1 is 1.11 bits per heavy atom. The zero-order valence-corrected chi connectivity index (χ0v) is 13.8. The van der Waals surface area contributed by atoms with E-state index in [4.69, 9.17) is 0 Å². The van der Waals surface area contributed by atoms with Crippen LogP contribution in [0.25, 0.3) is 0 Å². The second kappa shape index (κ2) is 10.8. The van der Waals surface area contributed by atoms with Crippen molar-refractivity contribution >= 4 is 15.5 Å². The monoisotopic (exact) mass is 258 g/mol. The number of hydrogen-bond acceptors (Lipinski definition) is 1. The Labute approximate surface area is 127 Å². The van der Waals surface area contributed by atoms with E-state index in [0.717, 1.165) is 27.8 Å². The van der Waals surface area contributed by atoms with E-state index < -0.39 is 0 Å². The van der Waals surface area contributed by atoms with Crippen molar-refractivity contribution in [1.82, 2.24) is 0 Å². The summed E-state index contributed by atoms with van der Waals surface area (Å²) in [5.74, 6) is 0. The van der Waals surface area contributed by atoms with Crippen LogP contribution in [-0.4, -0.2) is 12.4 Å². The van der Waals surface area contributed by atoms with Crippen LogP contribution < -0.4 is 18.9 Å². The van der Waals surface area contributed by atoms with E-state index in [1.807, 2.05) is 34.0 Å². The third kappa shape index (κ3) is 6.19. The molecule has 0 heterocycles. The van der Waals surface area contributed by atoms with Gasteiger partial charge >= 0.3 is 18.9 Å². The normalized spacial score (nSPS) is 9.00. The molecule has 0 aliphatic heterocycles. The molecule has 0 saturated carbocycles. The Bertz CT molecular complexity index is 347. The van der Waals surface area contributed by atoms with E-state index in [2.05, 4.69) is 22.2 Å². The number of aryl methyl sites for hydroxylation is 2. The van der Waals surface area contributed by atoms with Gasteiger partial charge in [-0.3, -0.25) is 0 Å². The molecule has 0 bridgehead atoms. The summed E-state index contributed by atoms with van der Waals surface area (Å²) in [6.07, 6.45) is 5.93. The first kappa shape index (κ1) is 20.2. The van der Waals surface area contributed by atoms with E-state index in [1.54, 1.807) is 0 Å². The predicted molar refractivity (Wildman–Crippen MR) is 79.7 cm³/mol. The number of carbonyl (C=O) groups excluding carboxylic acids is 1. The summed E-state index contributed by atoms with van der Waals surface area (Å²) in [7, 11) is 2.70. The third-order valence-corrected chi connectivity index (χ3v) is 3.43. The SMILES string of the molecule is CCCCP.Cc1cc(C)c(C)c([C-]=O)c1C.[Li+]. The summed E-state index contributed by atoms with van der Waals surface area (Å²) in [5, 5.41) is 0. The van der Waals surface area contributed by atoms with Crippen molar-refractivity contribution in [3.63, 3.8) is 0 Å². The van der Waals surface area contributed by atoms with Crippen molar-refractivity contribution in [3.05, 3.63) is 33.9 Å². The Morgan fingerprint density at radius 2 is 1.56 bits per heavy atom. The number of rotatable bonds is 3. The second-order valence-corrected chi connectivity index (χ2v) is 4.96. The molecule has 0 fully saturated rings. The molecule has 0 spiro atoms. The second-order valence-electron chi connectivity index (χ2n) is 4.38. The van der Waals surface area contributed by atoms with Crippen LogP contribution in [0.4, 0.5) is 0 Å². The first-order valence-electron chi connectivity index (χ1n) is 6.15. The molecule has 0 aromatic heterocycles. The zero-order chi connectivity index (χ0) is 13.4. The maximum Gasteiger partial charge on any atom is 1.00 e. The van der Waals surface area contributed by atoms with Crippen molar-refractivity contribution in [2.75, 3.05) is 6.16 Å². The quantitative estimate of drug-likeness (QED) is 0.450. The molecule has 0 N–H and O–H groups in total. The smallest absolute Gasteiger partial charge is 0.376 e. The minimum absolute atomic E-state index is 0. The Hall–Kier alpha value is -0.0826. The van der Waals surface area contributed by atoms with Gasteiger partial charge in [0.05, 0.1) is 6.29 Å². The van der Waals surface area contributed by atoms with Crippen LogP contribution >= 0.6 is 9.24 Å². The van der Waals surface area contributed by atoms with Gasteiger partial charge in [0.25, 0.3) is 0 Å². The average molecular weight is 258 g/mol. The van der Waals surface area contributed by atoms with Gasteiger partial charge in [-0.15, -0.1) is 37.1 Å². The van der Waals surface area contributed by atoms with Crippen LogP contribution in [0, 0.1) is 27.7 Å². The molecule has 1 aromatic carbocycles. The molecular weight excluding hydrogens is 234 g/mol. The van der Waals surface area contributed by atoms with Gasteiger partial charge in [0, 0.05) is 0 Å². The molecule has 0 radical (unpaired) electrons. The van der Waals surface area contributed by atoms with Crippen molar-refractivity contribution in [2.24, 2.45) is 0 Å². The van der Waals surface area contributed by atoms with Crippen LogP contribution in [-0.2, 0) is 4.79 Å². The molecule has 96 valence electrons. The maximum atomic E-state index is 10.6. The molecule has 18 heavy (non-hydrogen) atoms. The van der Waals surface area contributed by atoms with E-state index in [-0.39, 0.29) is 18.9 Å². The third-order valence-electron chi connectivity index (χ3n) is 3.03. The molecule has 0 saturated heterocycles. The number of benzene rings is 1. The maximum absolute atomic E-state index is 10.6. The fraction of sp³-hybridized carbons (Fsp3) is 0.533. The van der Waals surface area contributed by atoms with E-state index in [0.29, 0.717) is 0 Å². The van der Waals surface area contributed by atoms with E-state index >= 15 is 0 Å². The molecule has 0 amide bonds. The fourth-order valence-electron chi connectivity index (χ4n) is 1.57. The molecule has 3 heteroatoms. The molecule has 0 aliphatic carbocycles. The average Bonchev–Trinajstić information content (AvgIpc) is 2.29. The minimum atomic E-state index is 0. The Morgan fingerprint density at radius 3 is 1.78 bits per heavy atom. The van der Waals surface area contributed by atoms with Crippen molar-refractivity contribution in [1.29, 1.82) is 0 Å². The van der Waals surface area contributed by atoms with Gasteiger partial charge in [0.2, 0.25) is 0 Å². The van der Waals surface area contributed by atoms with Crippen molar-refractivity contribution in [3.8, 4) is 0 Å². The van der Waals surface area contributed by atoms with Crippen LogP contribution in [0.1, 0.15) is 47.6 Å². The van der Waals surface area contributed by atoms with Crippen LogP contribution in [0.5, 0.6) is 0 Å².